The largest absolute Gasteiger partial charge is 0.328 e. The number of rotatable bonds is 2. The van der Waals surface area contributed by atoms with Crippen LogP contribution in [0.25, 0.3) is 10.9 Å². The minimum absolute atomic E-state index is 0.269. The summed E-state index contributed by atoms with van der Waals surface area (Å²) in [7, 11) is 0. The van der Waals surface area contributed by atoms with Crippen LogP contribution in [-0.2, 0) is 4.79 Å². The van der Waals surface area contributed by atoms with Crippen molar-refractivity contribution in [1.29, 1.82) is 0 Å². The van der Waals surface area contributed by atoms with Crippen molar-refractivity contribution >= 4 is 34.8 Å². The van der Waals surface area contributed by atoms with Crippen molar-refractivity contribution in [2.45, 2.75) is 6.42 Å². The number of carbonyl (C=O) groups is 3. The number of nitrogens with zero attached hydrogens (tertiary/aromatic N) is 2. The summed E-state index contributed by atoms with van der Waals surface area (Å²) in [5.41, 5.74) is 1.84. The predicted octanol–water partition coefficient (Wildman–Crippen LogP) is 1.49. The van der Waals surface area contributed by atoms with Gasteiger partial charge in [-0.2, -0.15) is 0 Å². The fourth-order valence-corrected chi connectivity index (χ4v) is 2.24. The number of urea groups is 1. The molecule has 1 aromatic carbocycles. The van der Waals surface area contributed by atoms with E-state index in [1.165, 1.54) is 4.90 Å². The Bertz CT molecular complexity index is 727. The van der Waals surface area contributed by atoms with Gasteiger partial charge in [0.15, 0.2) is 6.29 Å². The highest BCUT2D eigenvalue weighted by molar-refractivity contribution is 6.06. The molecule has 0 radical (unpaired) electrons. The van der Waals surface area contributed by atoms with E-state index in [-0.39, 0.29) is 12.3 Å². The Balaban J connectivity index is 2.03. The maximum Gasteiger partial charge on any atom is 0.328 e. The fraction of sp³-hybridized carbons (Fsp3) is 0.143. The Hall–Kier alpha value is -2.76. The summed E-state index contributed by atoms with van der Waals surface area (Å²) in [6, 6.07) is 6.43. The number of nitrogens with one attached hydrogen (secondary N) is 1. The Kier molecular flexibility index (Phi) is 2.90. The quantitative estimate of drug-likeness (QED) is 0.838. The van der Waals surface area contributed by atoms with E-state index in [1.807, 2.05) is 0 Å². The van der Waals surface area contributed by atoms with Gasteiger partial charge in [-0.15, -0.1) is 0 Å². The number of hydrogen-bond acceptors (Lipinski definition) is 4. The van der Waals surface area contributed by atoms with Gasteiger partial charge in [-0.05, 0) is 18.2 Å². The molecule has 1 aromatic heterocycles. The summed E-state index contributed by atoms with van der Waals surface area (Å²) in [6.07, 6.45) is 2.59. The molecule has 0 aliphatic carbocycles. The normalized spacial score (nSPS) is 15.3. The summed E-state index contributed by atoms with van der Waals surface area (Å²) in [4.78, 5) is 39.6. The second-order valence-electron chi connectivity index (χ2n) is 4.47. The second kappa shape index (κ2) is 4.73. The molecule has 0 saturated carbocycles. The SMILES string of the molecule is O=Cc1ccnc2cc(N3CCC(=O)NC3=O)ccc12. The number of pyridine rings is 1. The zero-order chi connectivity index (χ0) is 14.1. The minimum atomic E-state index is -0.438. The Morgan fingerprint density at radius 1 is 1.25 bits per heavy atom. The van der Waals surface area contributed by atoms with Gasteiger partial charge in [0.05, 0.1) is 5.52 Å². The van der Waals surface area contributed by atoms with Gasteiger partial charge in [0.2, 0.25) is 5.91 Å². The average molecular weight is 269 g/mol. The predicted molar refractivity (Wildman–Crippen MR) is 72.6 cm³/mol. The van der Waals surface area contributed by atoms with Crippen LogP contribution in [0.15, 0.2) is 30.5 Å². The van der Waals surface area contributed by atoms with Crippen LogP contribution in [-0.4, -0.2) is 29.8 Å². The molecule has 0 atom stereocenters. The zero-order valence-electron chi connectivity index (χ0n) is 10.5. The lowest BCUT2D eigenvalue weighted by Crippen LogP contribution is -2.49. The number of aromatic nitrogens is 1. The molecule has 1 fully saturated rings. The number of fused-ring (bicyclic) bond motifs is 1. The van der Waals surface area contributed by atoms with Crippen molar-refractivity contribution in [2.75, 3.05) is 11.4 Å². The van der Waals surface area contributed by atoms with Crippen LogP contribution in [0.4, 0.5) is 10.5 Å². The summed E-state index contributed by atoms with van der Waals surface area (Å²) >= 11 is 0. The van der Waals surface area contributed by atoms with E-state index >= 15 is 0 Å². The molecule has 1 aliphatic rings. The molecule has 1 N–H and O–H groups in total. The summed E-state index contributed by atoms with van der Waals surface area (Å²) in [6.45, 7) is 0.337. The highest BCUT2D eigenvalue weighted by atomic mass is 16.2. The van der Waals surface area contributed by atoms with Crippen molar-refractivity contribution in [3.63, 3.8) is 0 Å². The molecule has 3 amide bonds. The summed E-state index contributed by atoms with van der Waals surface area (Å²) < 4.78 is 0. The standard InChI is InChI=1S/C14H11N3O3/c18-8-9-3-5-15-12-7-10(1-2-11(9)12)17-6-4-13(19)16-14(17)20/h1-3,5,7-8H,4,6H2,(H,16,19,20). The molecule has 6 nitrogen and oxygen atoms in total. The van der Waals surface area contributed by atoms with Crippen molar-refractivity contribution in [1.82, 2.24) is 10.3 Å². The third-order valence-electron chi connectivity index (χ3n) is 3.25. The fourth-order valence-electron chi connectivity index (χ4n) is 2.24. The molecule has 6 heteroatoms. The van der Waals surface area contributed by atoms with Crippen LogP contribution in [0.1, 0.15) is 16.8 Å². The summed E-state index contributed by atoms with van der Waals surface area (Å²) in [5, 5.41) is 3.01. The molecule has 100 valence electrons. The lowest BCUT2D eigenvalue weighted by atomic mass is 10.1. The molecular formula is C14H11N3O3. The first-order valence-electron chi connectivity index (χ1n) is 6.14. The van der Waals surface area contributed by atoms with E-state index in [4.69, 9.17) is 0 Å². The van der Waals surface area contributed by atoms with Crippen molar-refractivity contribution < 1.29 is 14.4 Å². The number of imide groups is 1. The molecule has 2 heterocycles. The van der Waals surface area contributed by atoms with Gasteiger partial charge >= 0.3 is 6.03 Å². The number of amides is 3. The number of aldehydes is 1. The average Bonchev–Trinajstić information content (AvgIpc) is 2.46. The first kappa shape index (κ1) is 12.3. The maximum absolute atomic E-state index is 11.8. The first-order valence-corrected chi connectivity index (χ1v) is 6.14. The number of benzene rings is 1. The van der Waals surface area contributed by atoms with Gasteiger partial charge in [0, 0.05) is 35.8 Å². The van der Waals surface area contributed by atoms with Gasteiger partial charge in [0.1, 0.15) is 0 Å². The molecule has 20 heavy (non-hydrogen) atoms. The minimum Gasteiger partial charge on any atom is -0.298 e. The number of anilines is 1. The maximum atomic E-state index is 11.8. The molecule has 0 spiro atoms. The number of hydrogen-bond donors (Lipinski definition) is 1. The lowest BCUT2D eigenvalue weighted by molar-refractivity contribution is -0.120. The highest BCUT2D eigenvalue weighted by Crippen LogP contribution is 2.23. The number of carbonyl (C=O) groups excluding carboxylic acids is 3. The van der Waals surface area contributed by atoms with Gasteiger partial charge < -0.3 is 0 Å². The monoisotopic (exact) mass is 269 g/mol. The van der Waals surface area contributed by atoms with Crippen LogP contribution in [0.5, 0.6) is 0 Å². The van der Waals surface area contributed by atoms with Crippen LogP contribution in [0, 0.1) is 0 Å². The van der Waals surface area contributed by atoms with E-state index in [1.54, 1.807) is 30.5 Å². The molecule has 3 rings (SSSR count). The van der Waals surface area contributed by atoms with E-state index < -0.39 is 6.03 Å². The molecular weight excluding hydrogens is 258 g/mol. The van der Waals surface area contributed by atoms with Crippen molar-refractivity contribution in [3.8, 4) is 0 Å². The van der Waals surface area contributed by atoms with Crippen LogP contribution >= 0.6 is 0 Å². The van der Waals surface area contributed by atoms with Crippen LogP contribution in [0.3, 0.4) is 0 Å². The van der Waals surface area contributed by atoms with Gasteiger partial charge in [-0.25, -0.2) is 4.79 Å². The topological polar surface area (TPSA) is 79.4 Å². The third-order valence-corrected chi connectivity index (χ3v) is 3.25. The second-order valence-corrected chi connectivity index (χ2v) is 4.47. The van der Waals surface area contributed by atoms with E-state index in [9.17, 15) is 14.4 Å². The molecule has 1 aliphatic heterocycles. The smallest absolute Gasteiger partial charge is 0.298 e. The Labute approximate surface area is 114 Å². The van der Waals surface area contributed by atoms with Gasteiger partial charge in [-0.1, -0.05) is 6.07 Å². The molecule has 0 unspecified atom stereocenters. The first-order chi connectivity index (χ1) is 9.69. The Morgan fingerprint density at radius 3 is 2.85 bits per heavy atom. The van der Waals surface area contributed by atoms with Crippen molar-refractivity contribution in [2.24, 2.45) is 0 Å². The van der Waals surface area contributed by atoms with E-state index in [0.717, 1.165) is 11.7 Å². The Morgan fingerprint density at radius 2 is 2.10 bits per heavy atom. The van der Waals surface area contributed by atoms with E-state index in [0.29, 0.717) is 23.3 Å². The molecule has 2 aromatic rings. The van der Waals surface area contributed by atoms with Crippen molar-refractivity contribution in [3.05, 3.63) is 36.0 Å². The zero-order valence-corrected chi connectivity index (χ0v) is 10.5. The highest BCUT2D eigenvalue weighted by Gasteiger charge is 2.24. The summed E-state index contributed by atoms with van der Waals surface area (Å²) in [5.74, 6) is -0.270. The molecule has 0 bridgehead atoms. The van der Waals surface area contributed by atoms with Crippen LogP contribution < -0.4 is 10.2 Å². The van der Waals surface area contributed by atoms with Gasteiger partial charge in [-0.3, -0.25) is 24.8 Å². The lowest BCUT2D eigenvalue weighted by Gasteiger charge is -2.26. The third kappa shape index (κ3) is 2.01. The van der Waals surface area contributed by atoms with Crippen LogP contribution in [0.2, 0.25) is 0 Å². The van der Waals surface area contributed by atoms with E-state index in [2.05, 4.69) is 10.3 Å². The molecule has 1 saturated heterocycles. The van der Waals surface area contributed by atoms with Gasteiger partial charge in [0.25, 0.3) is 0 Å².